The number of ketones is 1. The van der Waals surface area contributed by atoms with E-state index in [0.717, 1.165) is 0 Å². The maximum Gasteiger partial charge on any atom is 0.446 e. The lowest BCUT2D eigenvalue weighted by molar-refractivity contribution is -0.132. The Morgan fingerprint density at radius 3 is 2.19 bits per heavy atom. The molecule has 0 bridgehead atoms. The van der Waals surface area contributed by atoms with E-state index in [4.69, 9.17) is 4.74 Å². The standard InChI is InChI=1S/C11H11F2NO6S/c1-19-8-4-2-7(3-5-8)9(15)6-20-21(17,18)11(12,13)10(14)16/h2-5H,6H2,1H3,(H2,14,16). The van der Waals surface area contributed by atoms with Crippen LogP contribution in [0.3, 0.4) is 0 Å². The monoisotopic (exact) mass is 323 g/mol. The van der Waals surface area contributed by atoms with Crippen molar-refractivity contribution in [3.63, 3.8) is 0 Å². The number of primary amides is 1. The molecule has 10 heteroatoms. The number of ether oxygens (including phenoxy) is 1. The van der Waals surface area contributed by atoms with Gasteiger partial charge in [-0.25, -0.2) is 0 Å². The maximum absolute atomic E-state index is 13.0. The van der Waals surface area contributed by atoms with Gasteiger partial charge in [0.05, 0.1) is 7.11 Å². The van der Waals surface area contributed by atoms with Crippen molar-refractivity contribution in [3.8, 4) is 5.75 Å². The molecule has 0 heterocycles. The predicted octanol–water partition coefficient (Wildman–Crippen LogP) is 0.302. The summed E-state index contributed by atoms with van der Waals surface area (Å²) < 4.78 is 56.8. The third-order valence-electron chi connectivity index (χ3n) is 2.36. The first-order chi connectivity index (χ1) is 9.61. The highest BCUT2D eigenvalue weighted by atomic mass is 32.2. The Kier molecular flexibility index (Phi) is 4.97. The molecule has 0 aliphatic heterocycles. The zero-order chi connectivity index (χ0) is 16.3. The lowest BCUT2D eigenvalue weighted by atomic mass is 10.1. The van der Waals surface area contributed by atoms with Crippen molar-refractivity contribution in [1.82, 2.24) is 0 Å². The molecule has 0 aliphatic carbocycles. The van der Waals surface area contributed by atoms with Crippen LogP contribution in [0.15, 0.2) is 24.3 Å². The van der Waals surface area contributed by atoms with Crippen molar-refractivity contribution in [2.24, 2.45) is 5.73 Å². The Labute approximate surface area is 118 Å². The molecule has 2 N–H and O–H groups in total. The lowest BCUT2D eigenvalue weighted by Crippen LogP contribution is -2.44. The number of benzene rings is 1. The van der Waals surface area contributed by atoms with Crippen LogP contribution in [-0.4, -0.2) is 39.1 Å². The summed E-state index contributed by atoms with van der Waals surface area (Å²) in [4.78, 5) is 22.0. The van der Waals surface area contributed by atoms with E-state index in [1.165, 1.54) is 31.4 Å². The fourth-order valence-electron chi connectivity index (χ4n) is 1.19. The first kappa shape index (κ1) is 17.0. The van der Waals surface area contributed by atoms with Crippen LogP contribution in [0.25, 0.3) is 0 Å². The number of carbonyl (C=O) groups is 2. The number of methoxy groups -OCH3 is 1. The van der Waals surface area contributed by atoms with E-state index in [1.54, 1.807) is 0 Å². The average Bonchev–Trinajstić information content (AvgIpc) is 2.44. The van der Waals surface area contributed by atoms with Crippen LogP contribution in [-0.2, 0) is 19.1 Å². The maximum atomic E-state index is 13.0. The van der Waals surface area contributed by atoms with Gasteiger partial charge in [0.15, 0.2) is 5.78 Å². The third-order valence-corrected chi connectivity index (χ3v) is 3.62. The van der Waals surface area contributed by atoms with Gasteiger partial charge in [-0.2, -0.15) is 17.2 Å². The number of alkyl halides is 2. The third kappa shape index (κ3) is 3.73. The summed E-state index contributed by atoms with van der Waals surface area (Å²) in [5.41, 5.74) is 4.28. The van der Waals surface area contributed by atoms with Crippen LogP contribution in [0.2, 0.25) is 0 Å². The summed E-state index contributed by atoms with van der Waals surface area (Å²) in [7, 11) is -4.23. The summed E-state index contributed by atoms with van der Waals surface area (Å²) in [6, 6.07) is 5.42. The topological polar surface area (TPSA) is 113 Å². The molecule has 0 fully saturated rings. The van der Waals surface area contributed by atoms with Gasteiger partial charge in [0.25, 0.3) is 0 Å². The molecular weight excluding hydrogens is 312 g/mol. The highest BCUT2D eigenvalue weighted by molar-refractivity contribution is 7.88. The predicted molar refractivity (Wildman–Crippen MR) is 66.3 cm³/mol. The quantitative estimate of drug-likeness (QED) is 0.570. The first-order valence-electron chi connectivity index (χ1n) is 5.35. The van der Waals surface area contributed by atoms with E-state index in [9.17, 15) is 26.8 Å². The molecule has 1 amide bonds. The smallest absolute Gasteiger partial charge is 0.446 e. The zero-order valence-electron chi connectivity index (χ0n) is 10.7. The van der Waals surface area contributed by atoms with Gasteiger partial charge in [0.1, 0.15) is 12.4 Å². The second kappa shape index (κ2) is 6.14. The van der Waals surface area contributed by atoms with Gasteiger partial charge in [0, 0.05) is 5.56 Å². The number of amides is 1. The van der Waals surface area contributed by atoms with Gasteiger partial charge < -0.3 is 10.5 Å². The second-order valence-electron chi connectivity index (χ2n) is 3.75. The van der Waals surface area contributed by atoms with Crippen molar-refractivity contribution in [2.45, 2.75) is 5.25 Å². The highest BCUT2D eigenvalue weighted by Gasteiger charge is 2.52. The molecule has 116 valence electrons. The van der Waals surface area contributed by atoms with Crippen LogP contribution in [0.5, 0.6) is 5.75 Å². The highest BCUT2D eigenvalue weighted by Crippen LogP contribution is 2.23. The Hall–Kier alpha value is -2.07. The molecule has 0 unspecified atom stereocenters. The van der Waals surface area contributed by atoms with Crippen LogP contribution < -0.4 is 10.5 Å². The fraction of sp³-hybridized carbons (Fsp3) is 0.273. The van der Waals surface area contributed by atoms with E-state index in [2.05, 4.69) is 9.92 Å². The summed E-state index contributed by atoms with van der Waals surface area (Å²) >= 11 is 0. The Morgan fingerprint density at radius 1 is 1.24 bits per heavy atom. The van der Waals surface area contributed by atoms with E-state index in [0.29, 0.717) is 5.75 Å². The summed E-state index contributed by atoms with van der Waals surface area (Å²) in [6.45, 7) is -1.18. The van der Waals surface area contributed by atoms with Gasteiger partial charge >= 0.3 is 21.3 Å². The molecule has 0 saturated carbocycles. The molecule has 1 aromatic rings. The van der Waals surface area contributed by atoms with Crippen LogP contribution in [0, 0.1) is 0 Å². The van der Waals surface area contributed by atoms with Crippen molar-refractivity contribution >= 4 is 21.8 Å². The van der Waals surface area contributed by atoms with Gasteiger partial charge in [-0.3, -0.25) is 13.8 Å². The van der Waals surface area contributed by atoms with E-state index < -0.39 is 33.7 Å². The Balaban J connectivity index is 2.78. The van der Waals surface area contributed by atoms with Gasteiger partial charge in [-0.05, 0) is 24.3 Å². The fourth-order valence-corrected chi connectivity index (χ4v) is 1.85. The molecule has 0 aliphatic rings. The lowest BCUT2D eigenvalue weighted by Gasteiger charge is -2.12. The number of Topliss-reactive ketones (excluding diaryl/α,β-unsaturated/α-hetero) is 1. The zero-order valence-corrected chi connectivity index (χ0v) is 11.5. The first-order valence-corrected chi connectivity index (χ1v) is 6.76. The number of hydrogen-bond donors (Lipinski definition) is 1. The molecule has 0 saturated heterocycles. The number of halogens is 2. The minimum atomic E-state index is -5.63. The molecule has 0 radical (unpaired) electrons. The van der Waals surface area contributed by atoms with E-state index in [-0.39, 0.29) is 5.56 Å². The van der Waals surface area contributed by atoms with Crippen LogP contribution in [0.4, 0.5) is 8.78 Å². The SMILES string of the molecule is COc1ccc(C(=O)COS(=O)(=O)C(F)(F)C(N)=O)cc1. The van der Waals surface area contributed by atoms with Gasteiger partial charge in [-0.15, -0.1) is 0 Å². The van der Waals surface area contributed by atoms with Crippen molar-refractivity contribution in [3.05, 3.63) is 29.8 Å². The number of rotatable bonds is 7. The molecule has 1 rings (SSSR count). The number of nitrogens with two attached hydrogens (primary N) is 1. The molecule has 0 spiro atoms. The largest absolute Gasteiger partial charge is 0.497 e. The molecule has 0 atom stereocenters. The van der Waals surface area contributed by atoms with Crippen molar-refractivity contribution in [2.75, 3.05) is 13.7 Å². The molecule has 21 heavy (non-hydrogen) atoms. The molecule has 7 nitrogen and oxygen atoms in total. The van der Waals surface area contributed by atoms with Crippen LogP contribution >= 0.6 is 0 Å². The molecular formula is C11H11F2NO6S. The van der Waals surface area contributed by atoms with Crippen LogP contribution in [0.1, 0.15) is 10.4 Å². The minimum absolute atomic E-state index is 0.0217. The van der Waals surface area contributed by atoms with E-state index >= 15 is 0 Å². The number of hydrogen-bond acceptors (Lipinski definition) is 6. The Morgan fingerprint density at radius 2 is 1.76 bits per heavy atom. The van der Waals surface area contributed by atoms with Gasteiger partial charge in [-0.1, -0.05) is 0 Å². The summed E-state index contributed by atoms with van der Waals surface area (Å²) in [5, 5.41) is -4.91. The van der Waals surface area contributed by atoms with Gasteiger partial charge in [0.2, 0.25) is 0 Å². The normalized spacial score (nSPS) is 12.0. The summed E-state index contributed by atoms with van der Waals surface area (Å²) in [5.74, 6) is -2.82. The summed E-state index contributed by atoms with van der Waals surface area (Å²) in [6.07, 6.45) is 0. The van der Waals surface area contributed by atoms with Crippen molar-refractivity contribution < 1.29 is 35.7 Å². The second-order valence-corrected chi connectivity index (χ2v) is 5.41. The minimum Gasteiger partial charge on any atom is -0.497 e. The molecule has 0 aromatic heterocycles. The van der Waals surface area contributed by atoms with Crippen molar-refractivity contribution in [1.29, 1.82) is 0 Å². The average molecular weight is 323 g/mol. The Bertz CT molecular complexity index is 641. The van der Waals surface area contributed by atoms with E-state index in [1.807, 2.05) is 0 Å². The molecule has 1 aromatic carbocycles. The number of carbonyl (C=O) groups excluding carboxylic acids is 2.